The largest absolute Gasteiger partial charge is 0.394 e. The third kappa shape index (κ3) is 7.34. The van der Waals surface area contributed by atoms with Crippen LogP contribution in [-0.2, 0) is 38.3 Å². The molecule has 11 heteroatoms. The fourth-order valence-electron chi connectivity index (χ4n) is 7.46. The first kappa shape index (κ1) is 36.4. The molecule has 3 aromatic heterocycles. The number of hydrogen-bond donors (Lipinski definition) is 5. The van der Waals surface area contributed by atoms with E-state index in [1.165, 1.54) is 0 Å². The quantitative estimate of drug-likeness (QED) is 0.129. The zero-order valence-electron chi connectivity index (χ0n) is 30.2. The molecule has 1 fully saturated rings. The van der Waals surface area contributed by atoms with Gasteiger partial charge in [-0.1, -0.05) is 26.5 Å². The first-order chi connectivity index (χ1) is 24.6. The number of aryl methyl sites for hydroxylation is 3. The first-order valence-corrected chi connectivity index (χ1v) is 17.9. The minimum atomic E-state index is -0.610. The summed E-state index contributed by atoms with van der Waals surface area (Å²) in [6, 6.07) is 6.20. The molecule has 4 atom stereocenters. The number of carbonyl (C=O) groups excluding carboxylic acids is 2. The van der Waals surface area contributed by atoms with E-state index in [4.69, 9.17) is 19.4 Å². The third-order valence-corrected chi connectivity index (χ3v) is 10.3. The molecule has 6 rings (SSSR count). The van der Waals surface area contributed by atoms with Gasteiger partial charge in [-0.2, -0.15) is 0 Å². The van der Waals surface area contributed by atoms with Crippen molar-refractivity contribution in [1.82, 2.24) is 25.3 Å². The van der Waals surface area contributed by atoms with E-state index in [-0.39, 0.29) is 24.9 Å². The van der Waals surface area contributed by atoms with E-state index in [9.17, 15) is 19.8 Å². The number of nitrogens with one attached hydrogen (secondary N) is 3. The van der Waals surface area contributed by atoms with Crippen LogP contribution in [-0.4, -0.2) is 80.6 Å². The molecule has 3 aliphatic rings. The highest BCUT2D eigenvalue weighted by atomic mass is 16.7. The summed E-state index contributed by atoms with van der Waals surface area (Å²) in [4.78, 5) is 43.6. The molecule has 1 amide bonds. The second-order valence-corrected chi connectivity index (χ2v) is 13.8. The minimum absolute atomic E-state index is 0.0676. The summed E-state index contributed by atoms with van der Waals surface area (Å²) < 4.78 is 11.5. The second kappa shape index (κ2) is 15.4. The Balaban J connectivity index is 1.44. The molecular formula is C40H49N5O6. The Kier molecular flexibility index (Phi) is 11.0. The van der Waals surface area contributed by atoms with Gasteiger partial charge in [0.1, 0.15) is 6.29 Å². The predicted molar refractivity (Wildman–Crippen MR) is 199 cm³/mol. The number of aromatic amines is 2. The Bertz CT molecular complexity index is 2040. The van der Waals surface area contributed by atoms with Gasteiger partial charge in [0, 0.05) is 76.3 Å². The van der Waals surface area contributed by atoms with Gasteiger partial charge in [0.2, 0.25) is 0 Å². The maximum Gasteiger partial charge on any atom is 0.253 e. The van der Waals surface area contributed by atoms with Crippen molar-refractivity contribution in [2.45, 2.75) is 97.6 Å². The monoisotopic (exact) mass is 695 g/mol. The molecule has 11 nitrogen and oxygen atoms in total. The number of amides is 1. The van der Waals surface area contributed by atoms with Gasteiger partial charge in [0.05, 0.1) is 42.4 Å². The van der Waals surface area contributed by atoms with Gasteiger partial charge in [0.15, 0.2) is 6.29 Å². The summed E-state index contributed by atoms with van der Waals surface area (Å²) >= 11 is 0. The molecule has 0 aromatic carbocycles. The van der Waals surface area contributed by atoms with E-state index in [1.807, 2.05) is 19.1 Å². The Hall–Kier alpha value is -4.42. The molecule has 270 valence electrons. The van der Waals surface area contributed by atoms with Crippen LogP contribution in [0.5, 0.6) is 0 Å². The third-order valence-electron chi connectivity index (χ3n) is 10.3. The van der Waals surface area contributed by atoms with Crippen LogP contribution in [0.3, 0.4) is 0 Å². The molecule has 3 aliphatic heterocycles. The van der Waals surface area contributed by atoms with E-state index < -0.39 is 18.5 Å². The number of aliphatic hydroxyl groups excluding tert-OH is 2. The molecule has 3 aromatic rings. The molecule has 0 spiro atoms. The van der Waals surface area contributed by atoms with E-state index >= 15 is 0 Å². The van der Waals surface area contributed by atoms with Gasteiger partial charge in [-0.05, 0) is 80.5 Å². The number of carbonyl (C=O) groups is 2. The van der Waals surface area contributed by atoms with Gasteiger partial charge in [-0.25, -0.2) is 4.98 Å². The predicted octanol–water partition coefficient (Wildman–Crippen LogP) is 5.54. The molecular weight excluding hydrogens is 646 g/mol. The number of fused-ring (bicyclic) bond motifs is 8. The molecule has 0 radical (unpaired) electrons. The van der Waals surface area contributed by atoms with Crippen LogP contribution in [0.25, 0.3) is 39.3 Å². The smallest absolute Gasteiger partial charge is 0.253 e. The molecule has 5 N–H and O–H groups in total. The summed E-state index contributed by atoms with van der Waals surface area (Å²) in [7, 11) is 0. The van der Waals surface area contributed by atoms with Crippen molar-refractivity contribution < 1.29 is 29.3 Å². The van der Waals surface area contributed by atoms with Crippen molar-refractivity contribution in [2.75, 3.05) is 19.8 Å². The standard InChI is InChI=1S/C40H49N5O6/c1-7-27-22(4)31-17-30-21(3)14-34(42-30)29(10-12-46)39-38(40(49)41-11-9-13-50-37-16-25(48)15-26(20-47)51-37)24(6)33(45-39)19-36-28(8-2)23(5)32(44-36)18-35(27)43-31/h7,12,17-19,21,25-26,37,43-44,47-48H,1,8-11,13-16,20H2,2-6H3,(H,41,49). The number of nitrogens with zero attached hydrogens (tertiary/aromatic N) is 2. The van der Waals surface area contributed by atoms with Crippen LogP contribution < -0.4 is 5.32 Å². The van der Waals surface area contributed by atoms with E-state index in [1.54, 1.807) is 0 Å². The number of aldehydes is 1. The van der Waals surface area contributed by atoms with Gasteiger partial charge >= 0.3 is 0 Å². The van der Waals surface area contributed by atoms with Crippen molar-refractivity contribution in [3.05, 3.63) is 75.4 Å². The summed E-state index contributed by atoms with van der Waals surface area (Å²) in [5, 5.41) is 22.6. The molecule has 1 saturated heterocycles. The molecule has 4 unspecified atom stereocenters. The second-order valence-electron chi connectivity index (χ2n) is 13.8. The lowest BCUT2D eigenvalue weighted by Crippen LogP contribution is -2.39. The minimum Gasteiger partial charge on any atom is -0.394 e. The van der Waals surface area contributed by atoms with Crippen molar-refractivity contribution in [3.8, 4) is 0 Å². The van der Waals surface area contributed by atoms with Crippen LogP contribution in [0.15, 0.2) is 24.8 Å². The van der Waals surface area contributed by atoms with E-state index in [0.29, 0.717) is 66.9 Å². The Morgan fingerprint density at radius 1 is 1.08 bits per heavy atom. The fraction of sp³-hybridized carbons (Fsp3) is 0.450. The normalized spacial score (nSPS) is 20.5. The van der Waals surface area contributed by atoms with Crippen LogP contribution >= 0.6 is 0 Å². The Labute approximate surface area is 298 Å². The van der Waals surface area contributed by atoms with Gasteiger partial charge in [-0.15, -0.1) is 0 Å². The summed E-state index contributed by atoms with van der Waals surface area (Å²) in [6.45, 7) is 14.9. The van der Waals surface area contributed by atoms with Gasteiger partial charge < -0.3 is 39.8 Å². The molecule has 51 heavy (non-hydrogen) atoms. The molecule has 8 bridgehead atoms. The fourth-order valence-corrected chi connectivity index (χ4v) is 7.46. The Morgan fingerprint density at radius 3 is 2.57 bits per heavy atom. The average molecular weight is 696 g/mol. The lowest BCUT2D eigenvalue weighted by atomic mass is 9.96. The number of aromatic nitrogens is 4. The van der Waals surface area contributed by atoms with E-state index in [0.717, 1.165) is 68.4 Å². The highest BCUT2D eigenvalue weighted by molar-refractivity contribution is 6.27. The number of rotatable bonds is 11. The number of aliphatic hydroxyl groups is 2. The number of H-pyrrole nitrogens is 2. The van der Waals surface area contributed by atoms with Crippen molar-refractivity contribution >= 4 is 51.5 Å². The summed E-state index contributed by atoms with van der Waals surface area (Å²) in [5.74, 6) is -0.206. The topological polar surface area (TPSA) is 162 Å². The maximum absolute atomic E-state index is 14.0. The van der Waals surface area contributed by atoms with Gasteiger partial charge in [0.25, 0.3) is 5.91 Å². The maximum atomic E-state index is 14.0. The molecule has 0 aliphatic carbocycles. The average Bonchev–Trinajstić information content (AvgIpc) is 3.81. The number of hydrogen-bond acceptors (Lipinski definition) is 8. The van der Waals surface area contributed by atoms with Gasteiger partial charge in [-0.3, -0.25) is 9.78 Å². The van der Waals surface area contributed by atoms with Crippen molar-refractivity contribution in [2.24, 2.45) is 0 Å². The highest BCUT2D eigenvalue weighted by Gasteiger charge is 2.30. The van der Waals surface area contributed by atoms with Crippen molar-refractivity contribution in [1.29, 1.82) is 0 Å². The Morgan fingerprint density at radius 2 is 1.84 bits per heavy atom. The lowest BCUT2D eigenvalue weighted by molar-refractivity contribution is -0.221. The van der Waals surface area contributed by atoms with Crippen molar-refractivity contribution in [3.63, 3.8) is 0 Å². The summed E-state index contributed by atoms with van der Waals surface area (Å²) in [6.07, 6.45) is 3.76. The molecule has 0 saturated carbocycles. The van der Waals surface area contributed by atoms with Crippen LogP contribution in [0.4, 0.5) is 0 Å². The van der Waals surface area contributed by atoms with Crippen LogP contribution in [0.2, 0.25) is 0 Å². The zero-order valence-corrected chi connectivity index (χ0v) is 30.2. The molecule has 6 heterocycles. The van der Waals surface area contributed by atoms with E-state index in [2.05, 4.69) is 61.7 Å². The highest BCUT2D eigenvalue weighted by Crippen LogP contribution is 2.36. The summed E-state index contributed by atoms with van der Waals surface area (Å²) in [5.41, 5.74) is 12.7. The van der Waals surface area contributed by atoms with Crippen LogP contribution in [0.1, 0.15) is 96.5 Å². The lowest BCUT2D eigenvalue weighted by Gasteiger charge is -2.32. The SMILES string of the molecule is C=Cc1c(C)c2cc3nc(c(CC=O)c4nc(cc5[nH]c(cc1[nH]2)c(C)c5CC)C(C)=C4C(=O)NCCCOC1CC(O)CC(CO)O1)CC3C. The number of ether oxygens (including phenoxy) is 2. The zero-order chi connectivity index (χ0) is 36.4. The van der Waals surface area contributed by atoms with Crippen LogP contribution in [0, 0.1) is 13.8 Å². The number of allylic oxidation sites excluding steroid dienone is 1. The first-order valence-electron chi connectivity index (χ1n) is 17.9.